The highest BCUT2D eigenvalue weighted by Crippen LogP contribution is 2.31. The van der Waals surface area contributed by atoms with E-state index in [0.717, 1.165) is 24.4 Å². The molecule has 2 rings (SSSR count). The van der Waals surface area contributed by atoms with Crippen LogP contribution in [-0.4, -0.2) is 24.6 Å². The maximum absolute atomic E-state index is 8.70. The normalized spacial score (nSPS) is 14.5. The van der Waals surface area contributed by atoms with Crippen molar-refractivity contribution < 1.29 is 4.74 Å². The Morgan fingerprint density at radius 1 is 1.50 bits per heavy atom. The van der Waals surface area contributed by atoms with E-state index in [1.165, 1.54) is 12.8 Å². The van der Waals surface area contributed by atoms with Crippen molar-refractivity contribution in [1.82, 2.24) is 4.90 Å². The quantitative estimate of drug-likeness (QED) is 0.780. The maximum Gasteiger partial charge on any atom is 0.125 e. The van der Waals surface area contributed by atoms with Gasteiger partial charge >= 0.3 is 0 Å². The van der Waals surface area contributed by atoms with Gasteiger partial charge in [-0.1, -0.05) is 6.07 Å². The van der Waals surface area contributed by atoms with Gasteiger partial charge in [0, 0.05) is 42.9 Å². The number of anilines is 1. The van der Waals surface area contributed by atoms with Gasteiger partial charge in [-0.2, -0.15) is 5.26 Å². The molecule has 0 saturated heterocycles. The molecule has 0 amide bonds. The number of hydrogen-bond donors (Lipinski definition) is 1. The van der Waals surface area contributed by atoms with Crippen LogP contribution in [0.2, 0.25) is 0 Å². The Morgan fingerprint density at radius 2 is 2.28 bits per heavy atom. The van der Waals surface area contributed by atoms with Crippen LogP contribution in [0.15, 0.2) is 18.2 Å². The van der Waals surface area contributed by atoms with E-state index in [2.05, 4.69) is 11.0 Å². The third kappa shape index (κ3) is 3.14. The van der Waals surface area contributed by atoms with Gasteiger partial charge in [-0.25, -0.2) is 0 Å². The van der Waals surface area contributed by atoms with E-state index in [1.807, 2.05) is 18.2 Å². The molecule has 4 heteroatoms. The van der Waals surface area contributed by atoms with Gasteiger partial charge in [0.25, 0.3) is 0 Å². The third-order valence-electron chi connectivity index (χ3n) is 3.26. The molecule has 1 aliphatic rings. The Labute approximate surface area is 108 Å². The average Bonchev–Trinajstić information content (AvgIpc) is 3.20. The van der Waals surface area contributed by atoms with Gasteiger partial charge in [0.1, 0.15) is 5.75 Å². The third-order valence-corrected chi connectivity index (χ3v) is 3.26. The zero-order chi connectivity index (χ0) is 13.0. The van der Waals surface area contributed by atoms with Crippen LogP contribution >= 0.6 is 0 Å². The molecule has 0 atom stereocenters. The molecule has 1 aromatic carbocycles. The number of nitriles is 1. The van der Waals surface area contributed by atoms with Crippen molar-refractivity contribution in [2.45, 2.75) is 31.8 Å². The number of nitrogens with two attached hydrogens (primary N) is 1. The molecule has 1 aliphatic carbocycles. The predicted molar refractivity (Wildman–Crippen MR) is 71.1 cm³/mol. The fraction of sp³-hybridized carbons (Fsp3) is 0.500. The number of ether oxygens (including phenoxy) is 1. The van der Waals surface area contributed by atoms with Crippen molar-refractivity contribution in [2.24, 2.45) is 0 Å². The Bertz CT molecular complexity index is 449. The highest BCUT2D eigenvalue weighted by atomic mass is 16.5. The highest BCUT2D eigenvalue weighted by Gasteiger charge is 2.29. The molecule has 96 valence electrons. The molecule has 2 N–H and O–H groups in total. The van der Waals surface area contributed by atoms with E-state index in [-0.39, 0.29) is 0 Å². The molecule has 0 radical (unpaired) electrons. The smallest absolute Gasteiger partial charge is 0.125 e. The average molecular weight is 245 g/mol. The van der Waals surface area contributed by atoms with E-state index in [9.17, 15) is 0 Å². The van der Waals surface area contributed by atoms with Crippen LogP contribution < -0.4 is 10.5 Å². The van der Waals surface area contributed by atoms with Crippen LogP contribution in [0.5, 0.6) is 5.75 Å². The molecule has 0 spiro atoms. The van der Waals surface area contributed by atoms with E-state index >= 15 is 0 Å². The minimum Gasteiger partial charge on any atom is -0.496 e. The molecule has 18 heavy (non-hydrogen) atoms. The summed E-state index contributed by atoms with van der Waals surface area (Å²) in [7, 11) is 1.66. The van der Waals surface area contributed by atoms with Gasteiger partial charge in [0.05, 0.1) is 13.2 Å². The first-order valence-corrected chi connectivity index (χ1v) is 6.28. The van der Waals surface area contributed by atoms with E-state index in [4.69, 9.17) is 15.7 Å². The lowest BCUT2D eigenvalue weighted by Gasteiger charge is -2.22. The van der Waals surface area contributed by atoms with Crippen LogP contribution in [0.4, 0.5) is 5.69 Å². The van der Waals surface area contributed by atoms with Crippen LogP contribution in [0.25, 0.3) is 0 Å². The van der Waals surface area contributed by atoms with E-state index in [1.54, 1.807) is 7.11 Å². The molecule has 0 unspecified atom stereocenters. The second kappa shape index (κ2) is 5.74. The molecular weight excluding hydrogens is 226 g/mol. The van der Waals surface area contributed by atoms with Crippen molar-refractivity contribution >= 4 is 5.69 Å². The Hall–Kier alpha value is -1.73. The maximum atomic E-state index is 8.70. The molecule has 4 nitrogen and oxygen atoms in total. The standard InChI is InChI=1S/C14H19N3O/c1-18-14-9-12(16)4-3-11(14)10-17(8-2-7-15)13-5-6-13/h3-4,9,13H,2,5-6,8,10,16H2,1H3. The lowest BCUT2D eigenvalue weighted by Crippen LogP contribution is -2.26. The van der Waals surface area contributed by atoms with Crippen LogP contribution in [0.1, 0.15) is 24.8 Å². The number of benzene rings is 1. The lowest BCUT2D eigenvalue weighted by molar-refractivity contribution is 0.256. The number of rotatable bonds is 6. The number of nitrogen functional groups attached to an aromatic ring is 1. The first-order chi connectivity index (χ1) is 8.74. The molecule has 1 fully saturated rings. The van der Waals surface area contributed by atoms with Gasteiger partial charge in [-0.3, -0.25) is 4.90 Å². The molecular formula is C14H19N3O. The fourth-order valence-electron chi connectivity index (χ4n) is 2.13. The number of nitrogens with zero attached hydrogens (tertiary/aromatic N) is 2. The summed E-state index contributed by atoms with van der Waals surface area (Å²) in [5.74, 6) is 0.831. The van der Waals surface area contributed by atoms with Crippen LogP contribution in [0.3, 0.4) is 0 Å². The number of hydrogen-bond acceptors (Lipinski definition) is 4. The minimum atomic E-state index is 0.577. The van der Waals surface area contributed by atoms with E-state index < -0.39 is 0 Å². The summed E-state index contributed by atoms with van der Waals surface area (Å²) >= 11 is 0. The molecule has 1 aromatic rings. The summed E-state index contributed by atoms with van der Waals surface area (Å²) in [5, 5.41) is 8.70. The topological polar surface area (TPSA) is 62.3 Å². The monoisotopic (exact) mass is 245 g/mol. The second-order valence-corrected chi connectivity index (χ2v) is 4.68. The fourth-order valence-corrected chi connectivity index (χ4v) is 2.13. The summed E-state index contributed by atoms with van der Waals surface area (Å²) in [6.07, 6.45) is 3.05. The number of methoxy groups -OCH3 is 1. The zero-order valence-electron chi connectivity index (χ0n) is 10.7. The minimum absolute atomic E-state index is 0.577. The SMILES string of the molecule is COc1cc(N)ccc1CN(CCC#N)C1CC1. The van der Waals surface area contributed by atoms with Gasteiger partial charge < -0.3 is 10.5 Å². The first kappa shape index (κ1) is 12.7. The lowest BCUT2D eigenvalue weighted by atomic mass is 10.1. The second-order valence-electron chi connectivity index (χ2n) is 4.68. The van der Waals surface area contributed by atoms with Crippen molar-refractivity contribution in [3.63, 3.8) is 0 Å². The Morgan fingerprint density at radius 3 is 2.89 bits per heavy atom. The van der Waals surface area contributed by atoms with E-state index in [0.29, 0.717) is 18.2 Å². The Kier molecular flexibility index (Phi) is 4.06. The van der Waals surface area contributed by atoms with Crippen LogP contribution in [-0.2, 0) is 6.54 Å². The van der Waals surface area contributed by atoms with Gasteiger partial charge in [-0.15, -0.1) is 0 Å². The molecule has 0 aliphatic heterocycles. The first-order valence-electron chi connectivity index (χ1n) is 6.28. The van der Waals surface area contributed by atoms with Gasteiger partial charge in [-0.05, 0) is 18.9 Å². The zero-order valence-corrected chi connectivity index (χ0v) is 10.7. The highest BCUT2D eigenvalue weighted by molar-refractivity contribution is 5.48. The predicted octanol–water partition coefficient (Wildman–Crippen LogP) is 2.16. The van der Waals surface area contributed by atoms with Gasteiger partial charge in [0.2, 0.25) is 0 Å². The van der Waals surface area contributed by atoms with Crippen LogP contribution in [0, 0.1) is 11.3 Å². The summed E-state index contributed by atoms with van der Waals surface area (Å²) in [5.41, 5.74) is 7.60. The summed E-state index contributed by atoms with van der Waals surface area (Å²) in [6.45, 7) is 1.66. The molecule has 1 saturated carbocycles. The summed E-state index contributed by atoms with van der Waals surface area (Å²) in [6, 6.07) is 8.61. The van der Waals surface area contributed by atoms with Crippen molar-refractivity contribution in [3.8, 4) is 11.8 Å². The van der Waals surface area contributed by atoms with Gasteiger partial charge in [0.15, 0.2) is 0 Å². The van der Waals surface area contributed by atoms with Crippen molar-refractivity contribution in [2.75, 3.05) is 19.4 Å². The van der Waals surface area contributed by atoms with Crippen molar-refractivity contribution in [1.29, 1.82) is 5.26 Å². The molecule has 0 heterocycles. The van der Waals surface area contributed by atoms with Crippen molar-refractivity contribution in [3.05, 3.63) is 23.8 Å². The molecule has 0 bridgehead atoms. The Balaban J connectivity index is 2.08. The molecule has 0 aromatic heterocycles. The summed E-state index contributed by atoms with van der Waals surface area (Å²) < 4.78 is 5.36. The largest absolute Gasteiger partial charge is 0.496 e. The summed E-state index contributed by atoms with van der Waals surface area (Å²) in [4.78, 5) is 2.36.